The second-order valence-corrected chi connectivity index (χ2v) is 22.4. The van der Waals surface area contributed by atoms with E-state index in [4.69, 9.17) is 29.5 Å². The Morgan fingerprint density at radius 1 is 0.564 bits per heavy atom. The van der Waals surface area contributed by atoms with E-state index in [9.17, 15) is 43.5 Å². The van der Waals surface area contributed by atoms with Crippen LogP contribution in [0.3, 0.4) is 0 Å². The number of nitrogens with one attached hydrogen (secondary N) is 1. The van der Waals surface area contributed by atoms with E-state index < -0.39 is 41.9 Å². The number of imide groups is 2. The number of ether oxygens (including phenoxy) is 3. The second-order valence-electron chi connectivity index (χ2n) is 21.2. The van der Waals surface area contributed by atoms with E-state index in [2.05, 4.69) is 19.2 Å². The number of thioether (sulfide) groups is 1. The number of carbonyl (C=O) groups excluding carboxylic acids is 6. The van der Waals surface area contributed by atoms with Gasteiger partial charge in [-0.2, -0.15) is 0 Å². The van der Waals surface area contributed by atoms with Crippen LogP contribution in [0.25, 0.3) is 0 Å². The summed E-state index contributed by atoms with van der Waals surface area (Å²) in [6, 6.07) is 29.3. The summed E-state index contributed by atoms with van der Waals surface area (Å²) in [5.74, 6) is -1.90. The molecule has 0 unspecified atom stereocenters. The van der Waals surface area contributed by atoms with Crippen molar-refractivity contribution in [3.8, 4) is 0 Å². The number of hydrogen-bond acceptors (Lipinski definition) is 14. The summed E-state index contributed by atoms with van der Waals surface area (Å²) in [5.41, 5.74) is 3.38. The minimum Gasteiger partial charge on any atom is -0.481 e. The zero-order valence-electron chi connectivity index (χ0n) is 46.9. The normalized spacial score (nSPS) is 17.6. The number of carbonyl (C=O) groups is 8. The summed E-state index contributed by atoms with van der Waals surface area (Å²) in [6.07, 6.45) is 3.58. The van der Waals surface area contributed by atoms with Crippen LogP contribution in [-0.2, 0) is 57.4 Å². The molecular formula is C59H85N3O15S. The lowest BCUT2D eigenvalue weighted by molar-refractivity contribution is -0.144. The van der Waals surface area contributed by atoms with Gasteiger partial charge in [0.25, 0.3) is 0 Å². The average molecular weight is 1110 g/mol. The molecule has 19 heteroatoms. The molecule has 0 aliphatic carbocycles. The number of cyclic esters (lactones) is 3. The number of nitrogens with zero attached hydrogens (tertiary/aromatic N) is 2. The monoisotopic (exact) mass is 1110 g/mol. The fourth-order valence-corrected chi connectivity index (χ4v) is 9.12. The molecule has 6 rings (SSSR count). The van der Waals surface area contributed by atoms with Crippen molar-refractivity contribution < 1.29 is 73.0 Å². The van der Waals surface area contributed by atoms with Crippen LogP contribution < -0.4 is 5.32 Å². The Balaban J connectivity index is 0.000000344. The van der Waals surface area contributed by atoms with Crippen molar-refractivity contribution in [2.45, 2.75) is 132 Å². The van der Waals surface area contributed by atoms with Crippen LogP contribution in [0, 0.1) is 41.4 Å². The van der Waals surface area contributed by atoms with Gasteiger partial charge < -0.3 is 40.0 Å². The molecule has 3 aromatic carbocycles. The van der Waals surface area contributed by atoms with E-state index in [-0.39, 0.29) is 66.9 Å². The van der Waals surface area contributed by atoms with Crippen molar-refractivity contribution >= 4 is 58.9 Å². The summed E-state index contributed by atoms with van der Waals surface area (Å²) in [4.78, 5) is 93.3. The Kier molecular flexibility index (Phi) is 31.9. The highest BCUT2D eigenvalue weighted by Gasteiger charge is 2.41. The van der Waals surface area contributed by atoms with Crippen LogP contribution in [0.15, 0.2) is 91.0 Å². The number of benzene rings is 3. The van der Waals surface area contributed by atoms with Crippen molar-refractivity contribution in [2.24, 2.45) is 41.4 Å². The zero-order valence-corrected chi connectivity index (χ0v) is 47.7. The number of hydrogen-bond donors (Lipinski definition) is 5. The Morgan fingerprint density at radius 2 is 0.974 bits per heavy atom. The molecule has 0 saturated carbocycles. The second kappa shape index (κ2) is 36.7. The molecular weight excluding hydrogens is 1020 g/mol. The van der Waals surface area contributed by atoms with Gasteiger partial charge in [-0.05, 0) is 85.3 Å². The number of amides is 5. The highest BCUT2D eigenvalue weighted by molar-refractivity contribution is 8.13. The molecule has 3 heterocycles. The standard InChI is InChI=1S/C17H23NO4.C16H21NO3.C10H11NO2.C9H16O3S.C7H14O3/c1-12(2)8-14(10-19)16(20)18-15(11-22-17(18)21)9-13-6-4-3-5-7-13;1-12(2)8-9-15(18)17-14(11-20-16(17)19)10-13-6-4-3-5-7-13;12-10-11-9(7-13-10)6-8-4-2-1-3-5-8;1-6(2)4-8(9(11)12)5-13-7(3)10;1-5(2)3-6(4-8)7(9)10/h3-7,12,14-15,19H,8-11H2,1-2H3;3-7,12,14H,8-11H2,1-2H3;1-5,9H,6-7H2,(H,11,12);6,8H,4-5H2,1-3H3,(H,11,12);5-6,8H,3-4H2,1-2H3,(H,9,10)/t14-,15+;14-;9-;8-;6-/m10011/s1. The van der Waals surface area contributed by atoms with Gasteiger partial charge in [-0.3, -0.25) is 24.0 Å². The van der Waals surface area contributed by atoms with E-state index in [1.165, 1.54) is 22.3 Å². The third-order valence-corrected chi connectivity index (χ3v) is 13.3. The number of rotatable bonds is 22. The molecule has 0 radical (unpaired) electrons. The molecule has 0 spiro atoms. The third-order valence-electron chi connectivity index (χ3n) is 12.3. The predicted molar refractivity (Wildman–Crippen MR) is 298 cm³/mol. The molecule has 18 nitrogen and oxygen atoms in total. The summed E-state index contributed by atoms with van der Waals surface area (Å²) in [6.45, 7) is 17.9. The number of aliphatic hydroxyl groups excluding tert-OH is 2. The average Bonchev–Trinajstić information content (AvgIpc) is 4.10. The molecule has 0 aromatic heterocycles. The van der Waals surface area contributed by atoms with Gasteiger partial charge in [0.2, 0.25) is 11.8 Å². The maximum absolute atomic E-state index is 12.6. The largest absolute Gasteiger partial charge is 0.481 e. The van der Waals surface area contributed by atoms with Crippen molar-refractivity contribution in [3.63, 3.8) is 0 Å². The van der Waals surface area contributed by atoms with Gasteiger partial charge in [0.05, 0.1) is 49.1 Å². The van der Waals surface area contributed by atoms with E-state index in [1.807, 2.05) is 133 Å². The highest BCUT2D eigenvalue weighted by Crippen LogP contribution is 2.24. The van der Waals surface area contributed by atoms with Crippen molar-refractivity contribution in [1.82, 2.24) is 15.1 Å². The number of aliphatic carboxylic acids is 2. The first kappa shape index (κ1) is 67.8. The molecule has 3 fully saturated rings. The maximum atomic E-state index is 12.6. The Morgan fingerprint density at radius 3 is 1.35 bits per heavy atom. The Bertz CT molecular complexity index is 2280. The fourth-order valence-electron chi connectivity index (χ4n) is 8.41. The molecule has 0 bridgehead atoms. The fraction of sp³-hybridized carbons (Fsp3) is 0.559. The summed E-state index contributed by atoms with van der Waals surface area (Å²) < 4.78 is 14.9. The zero-order chi connectivity index (χ0) is 58.3. The van der Waals surface area contributed by atoms with Crippen LogP contribution in [0.1, 0.15) is 111 Å². The summed E-state index contributed by atoms with van der Waals surface area (Å²) in [5, 5.41) is 38.0. The lowest BCUT2D eigenvalue weighted by atomic mass is 9.95. The molecule has 3 saturated heterocycles. The minimum absolute atomic E-state index is 0.0185. The van der Waals surface area contributed by atoms with Gasteiger partial charge in [0.15, 0.2) is 5.12 Å². The van der Waals surface area contributed by atoms with Gasteiger partial charge in [-0.15, -0.1) is 0 Å². The molecule has 5 amide bonds. The van der Waals surface area contributed by atoms with Gasteiger partial charge in [-0.1, -0.05) is 158 Å². The smallest absolute Gasteiger partial charge is 0.416 e. The van der Waals surface area contributed by atoms with Crippen LogP contribution in [0.2, 0.25) is 0 Å². The van der Waals surface area contributed by atoms with Crippen LogP contribution in [0.4, 0.5) is 14.4 Å². The Labute approximate surface area is 465 Å². The van der Waals surface area contributed by atoms with Gasteiger partial charge in [0, 0.05) is 19.1 Å². The molecule has 3 aromatic rings. The van der Waals surface area contributed by atoms with Gasteiger partial charge in [0.1, 0.15) is 19.8 Å². The van der Waals surface area contributed by atoms with E-state index in [0.29, 0.717) is 75.2 Å². The number of carboxylic acids is 2. The summed E-state index contributed by atoms with van der Waals surface area (Å²) in [7, 11) is 0. The SMILES string of the molecule is CC(=O)SC[C@@H](CC(C)C)C(=O)O.CC(C)CCC(=O)N1C(=O)OC[C@@H]1Cc1ccccc1.CC(C)C[C@H](CO)C(=O)N1C(=O)OC[C@@H]1Cc1ccccc1.CC(C)C[C@H](CO)C(=O)O.O=C1N[C@@H](Cc2ccccc2)CO1. The third kappa shape index (κ3) is 26.8. The first-order valence-corrected chi connectivity index (χ1v) is 27.8. The topological polar surface area (TPSA) is 264 Å². The van der Waals surface area contributed by atoms with E-state index >= 15 is 0 Å². The Hall–Kier alpha value is -6.31. The maximum Gasteiger partial charge on any atom is 0.416 e. The molecule has 3 aliphatic rings. The van der Waals surface area contributed by atoms with Crippen LogP contribution in [-0.4, -0.2) is 134 Å². The van der Waals surface area contributed by atoms with Gasteiger partial charge in [-0.25, -0.2) is 24.2 Å². The van der Waals surface area contributed by atoms with Gasteiger partial charge >= 0.3 is 30.2 Å². The van der Waals surface area contributed by atoms with Crippen molar-refractivity contribution in [2.75, 3.05) is 38.8 Å². The predicted octanol–water partition coefficient (Wildman–Crippen LogP) is 9.32. The molecule has 432 valence electrons. The van der Waals surface area contributed by atoms with E-state index in [1.54, 1.807) is 0 Å². The van der Waals surface area contributed by atoms with E-state index in [0.717, 1.165) is 35.7 Å². The molecule has 6 atom stereocenters. The first-order valence-electron chi connectivity index (χ1n) is 26.8. The quantitative estimate of drug-likeness (QED) is 0.0587. The minimum atomic E-state index is -0.906. The number of alkyl carbamates (subject to hydrolysis) is 1. The number of carboxylic acid groups (broad SMARTS) is 2. The molecule has 78 heavy (non-hydrogen) atoms. The molecule has 3 aliphatic heterocycles. The van der Waals surface area contributed by atoms with Crippen molar-refractivity contribution in [3.05, 3.63) is 108 Å². The number of aliphatic hydroxyl groups is 2. The van der Waals surface area contributed by atoms with Crippen molar-refractivity contribution in [1.29, 1.82) is 0 Å². The lowest BCUT2D eigenvalue weighted by Gasteiger charge is -2.24. The lowest BCUT2D eigenvalue weighted by Crippen LogP contribution is -2.44. The summed E-state index contributed by atoms with van der Waals surface area (Å²) >= 11 is 1.09. The van der Waals surface area contributed by atoms with Crippen LogP contribution >= 0.6 is 11.8 Å². The first-order chi connectivity index (χ1) is 36.9. The highest BCUT2D eigenvalue weighted by atomic mass is 32.2. The molecule has 5 N–H and O–H groups in total. The van der Waals surface area contributed by atoms with Crippen LogP contribution in [0.5, 0.6) is 0 Å².